The summed E-state index contributed by atoms with van der Waals surface area (Å²) in [4.78, 5) is 6.50. The van der Waals surface area contributed by atoms with Crippen LogP contribution in [0.4, 0.5) is 0 Å². The number of aromatic nitrogens is 2. The molecule has 0 aliphatic carbocycles. The van der Waals surface area contributed by atoms with Gasteiger partial charge in [-0.3, -0.25) is 0 Å². The van der Waals surface area contributed by atoms with Gasteiger partial charge in [-0.25, -0.2) is 0 Å². The fourth-order valence-corrected chi connectivity index (χ4v) is 1.97. The molecule has 5 nitrogen and oxygen atoms in total. The van der Waals surface area contributed by atoms with Gasteiger partial charge < -0.3 is 14.7 Å². The lowest BCUT2D eigenvalue weighted by molar-refractivity contribution is 0.310. The Morgan fingerprint density at radius 2 is 2.06 bits per heavy atom. The molecule has 17 heavy (non-hydrogen) atoms. The van der Waals surface area contributed by atoms with Crippen LogP contribution in [0.1, 0.15) is 44.8 Å². The van der Waals surface area contributed by atoms with E-state index in [9.17, 15) is 0 Å². The van der Waals surface area contributed by atoms with Gasteiger partial charge in [0.2, 0.25) is 5.89 Å². The molecule has 2 atom stereocenters. The average Bonchev–Trinajstić information content (AvgIpc) is 2.67. The predicted octanol–water partition coefficient (Wildman–Crippen LogP) is 1.62. The van der Waals surface area contributed by atoms with E-state index in [1.54, 1.807) is 0 Å². The van der Waals surface area contributed by atoms with E-state index < -0.39 is 0 Å². The molecule has 0 saturated carbocycles. The van der Waals surface area contributed by atoms with Gasteiger partial charge >= 0.3 is 0 Å². The molecule has 1 rings (SSSR count). The van der Waals surface area contributed by atoms with Crippen molar-refractivity contribution in [2.45, 2.75) is 45.7 Å². The number of hydrogen-bond acceptors (Lipinski definition) is 5. The maximum atomic E-state index is 5.36. The van der Waals surface area contributed by atoms with Crippen molar-refractivity contribution in [2.24, 2.45) is 0 Å². The summed E-state index contributed by atoms with van der Waals surface area (Å²) in [6.45, 7) is 8.09. The summed E-state index contributed by atoms with van der Waals surface area (Å²) in [5, 5.41) is 7.42. The van der Waals surface area contributed by atoms with Gasteiger partial charge in [0.15, 0.2) is 5.82 Å². The molecule has 2 unspecified atom stereocenters. The molecule has 0 fully saturated rings. The highest BCUT2D eigenvalue weighted by Gasteiger charge is 2.22. The second kappa shape index (κ2) is 6.71. The van der Waals surface area contributed by atoms with Crippen LogP contribution in [-0.4, -0.2) is 41.7 Å². The quantitative estimate of drug-likeness (QED) is 0.785. The Morgan fingerprint density at radius 1 is 1.35 bits per heavy atom. The highest BCUT2D eigenvalue weighted by molar-refractivity contribution is 4.98. The Morgan fingerprint density at radius 3 is 2.59 bits per heavy atom. The Hall–Kier alpha value is -0.940. The Kier molecular flexibility index (Phi) is 5.58. The molecule has 1 heterocycles. The van der Waals surface area contributed by atoms with E-state index >= 15 is 0 Å². The minimum absolute atomic E-state index is 0.290. The van der Waals surface area contributed by atoms with E-state index in [0.29, 0.717) is 12.0 Å². The van der Waals surface area contributed by atoms with Crippen LogP contribution in [0.15, 0.2) is 4.52 Å². The highest BCUT2D eigenvalue weighted by Crippen LogP contribution is 2.21. The summed E-state index contributed by atoms with van der Waals surface area (Å²) >= 11 is 0. The van der Waals surface area contributed by atoms with Crippen LogP contribution < -0.4 is 5.32 Å². The van der Waals surface area contributed by atoms with Gasteiger partial charge in [-0.05, 0) is 34.0 Å². The van der Waals surface area contributed by atoms with Crippen LogP contribution in [0.2, 0.25) is 0 Å². The van der Waals surface area contributed by atoms with Gasteiger partial charge in [0.25, 0.3) is 0 Å². The predicted molar refractivity (Wildman–Crippen MR) is 67.9 cm³/mol. The average molecular weight is 240 g/mol. The fourth-order valence-electron chi connectivity index (χ4n) is 1.97. The number of nitrogens with one attached hydrogen (secondary N) is 1. The Bertz CT molecular complexity index is 324. The first kappa shape index (κ1) is 14.1. The Labute approximate surface area is 104 Å². The maximum absolute atomic E-state index is 5.36. The second-order valence-electron chi connectivity index (χ2n) is 4.65. The molecule has 5 heteroatoms. The topological polar surface area (TPSA) is 54.2 Å². The first-order valence-electron chi connectivity index (χ1n) is 6.29. The van der Waals surface area contributed by atoms with E-state index in [-0.39, 0.29) is 0 Å². The molecule has 0 aliphatic rings. The summed E-state index contributed by atoms with van der Waals surface area (Å²) in [7, 11) is 3.99. The van der Waals surface area contributed by atoms with Crippen molar-refractivity contribution in [3.8, 4) is 0 Å². The van der Waals surface area contributed by atoms with Gasteiger partial charge in [-0.1, -0.05) is 19.0 Å². The third-order valence-corrected chi connectivity index (χ3v) is 2.83. The maximum Gasteiger partial charge on any atom is 0.231 e. The molecule has 0 saturated heterocycles. The first-order valence-corrected chi connectivity index (χ1v) is 6.29. The van der Waals surface area contributed by atoms with Crippen LogP contribution >= 0.6 is 0 Å². The van der Waals surface area contributed by atoms with Crippen LogP contribution in [0, 0.1) is 0 Å². The third kappa shape index (κ3) is 4.09. The molecule has 1 aromatic rings. The molecule has 0 aromatic carbocycles. The van der Waals surface area contributed by atoms with Gasteiger partial charge in [0.05, 0.1) is 12.5 Å². The fraction of sp³-hybridized carbons (Fsp3) is 0.833. The summed E-state index contributed by atoms with van der Waals surface area (Å²) in [5.41, 5.74) is 0. The summed E-state index contributed by atoms with van der Waals surface area (Å²) < 4.78 is 5.36. The molecule has 0 radical (unpaired) electrons. The molecule has 1 aromatic heterocycles. The Balaban J connectivity index is 2.71. The van der Waals surface area contributed by atoms with Crippen molar-refractivity contribution < 1.29 is 4.52 Å². The second-order valence-corrected chi connectivity index (χ2v) is 4.65. The molecular formula is C12H24N4O. The van der Waals surface area contributed by atoms with E-state index in [1.807, 2.05) is 19.0 Å². The zero-order valence-electron chi connectivity index (χ0n) is 11.5. The molecule has 1 N–H and O–H groups in total. The van der Waals surface area contributed by atoms with Gasteiger partial charge in [-0.15, -0.1) is 0 Å². The summed E-state index contributed by atoms with van der Waals surface area (Å²) in [5.74, 6) is 1.79. The number of rotatable bonds is 7. The third-order valence-electron chi connectivity index (χ3n) is 2.83. The van der Waals surface area contributed by atoms with Gasteiger partial charge in [0, 0.05) is 6.04 Å². The molecular weight excluding hydrogens is 216 g/mol. The number of nitrogens with zero attached hydrogens (tertiary/aromatic N) is 3. The lowest BCUT2D eigenvalue weighted by Crippen LogP contribution is -2.31. The van der Waals surface area contributed by atoms with Gasteiger partial charge in [-0.2, -0.15) is 4.98 Å². The monoisotopic (exact) mass is 240 g/mol. The van der Waals surface area contributed by atoms with Crippen molar-refractivity contribution in [1.29, 1.82) is 0 Å². The van der Waals surface area contributed by atoms with Crippen molar-refractivity contribution in [3.05, 3.63) is 11.7 Å². The first-order chi connectivity index (χ1) is 8.08. The molecule has 0 amide bonds. The number of likely N-dealkylation sites (N-methyl/N-ethyl adjacent to an activating group) is 1. The number of hydrogen-bond donors (Lipinski definition) is 1. The van der Waals surface area contributed by atoms with Crippen molar-refractivity contribution in [1.82, 2.24) is 20.4 Å². The SMILES string of the molecule is CCNC(C)C(CC)c1nc(CN(C)C)no1. The normalized spacial score (nSPS) is 15.2. The van der Waals surface area contributed by atoms with Crippen LogP contribution in [0.25, 0.3) is 0 Å². The van der Waals surface area contributed by atoms with Crippen molar-refractivity contribution in [2.75, 3.05) is 20.6 Å². The molecule has 98 valence electrons. The van der Waals surface area contributed by atoms with E-state index in [2.05, 4.69) is 36.2 Å². The largest absolute Gasteiger partial charge is 0.339 e. The van der Waals surface area contributed by atoms with E-state index in [0.717, 1.165) is 31.2 Å². The zero-order chi connectivity index (χ0) is 12.8. The highest BCUT2D eigenvalue weighted by atomic mass is 16.5. The lowest BCUT2D eigenvalue weighted by atomic mass is 9.98. The molecule has 0 bridgehead atoms. The minimum atomic E-state index is 0.290. The van der Waals surface area contributed by atoms with Crippen LogP contribution in [0.3, 0.4) is 0 Å². The standard InChI is InChI=1S/C12H24N4O/c1-6-10(9(3)13-7-2)12-14-11(15-17-12)8-16(4)5/h9-10,13H,6-8H2,1-5H3. The van der Waals surface area contributed by atoms with E-state index in [1.165, 1.54) is 0 Å². The van der Waals surface area contributed by atoms with Crippen molar-refractivity contribution >= 4 is 0 Å². The van der Waals surface area contributed by atoms with E-state index in [4.69, 9.17) is 4.52 Å². The van der Waals surface area contributed by atoms with Crippen LogP contribution in [0.5, 0.6) is 0 Å². The lowest BCUT2D eigenvalue weighted by Gasteiger charge is -2.19. The minimum Gasteiger partial charge on any atom is -0.339 e. The van der Waals surface area contributed by atoms with Crippen molar-refractivity contribution in [3.63, 3.8) is 0 Å². The smallest absolute Gasteiger partial charge is 0.231 e. The molecule has 0 aliphatic heterocycles. The molecule has 0 spiro atoms. The zero-order valence-corrected chi connectivity index (χ0v) is 11.5. The van der Waals surface area contributed by atoms with Gasteiger partial charge in [0.1, 0.15) is 0 Å². The summed E-state index contributed by atoms with van der Waals surface area (Å²) in [6.07, 6.45) is 0.998. The van der Waals surface area contributed by atoms with Crippen LogP contribution in [-0.2, 0) is 6.54 Å². The summed E-state index contributed by atoms with van der Waals surface area (Å²) in [6, 6.07) is 0.359.